The topological polar surface area (TPSA) is 77.6 Å². The Kier molecular flexibility index (Phi) is 3.46. The molecule has 1 N–H and O–H groups in total. The van der Waals surface area contributed by atoms with Gasteiger partial charge in [0.05, 0.1) is 34.5 Å². The molecule has 0 fully saturated rings. The molecule has 7 nitrogen and oxygen atoms in total. The summed E-state index contributed by atoms with van der Waals surface area (Å²) in [5.74, 6) is -0.200. The van der Waals surface area contributed by atoms with E-state index in [0.717, 1.165) is 17.1 Å². The highest BCUT2D eigenvalue weighted by molar-refractivity contribution is 6.05. The Hall–Kier alpha value is -2.96. The van der Waals surface area contributed by atoms with Gasteiger partial charge in [0.25, 0.3) is 5.91 Å². The van der Waals surface area contributed by atoms with Crippen LogP contribution in [0.5, 0.6) is 0 Å². The van der Waals surface area contributed by atoms with E-state index in [1.807, 2.05) is 33.0 Å². The van der Waals surface area contributed by atoms with Crippen LogP contribution in [-0.2, 0) is 7.05 Å². The quantitative estimate of drug-likeness (QED) is 0.800. The molecule has 0 aromatic carbocycles. The van der Waals surface area contributed by atoms with Crippen LogP contribution in [0.4, 0.5) is 5.69 Å². The summed E-state index contributed by atoms with van der Waals surface area (Å²) in [5.41, 5.74) is 3.63. The molecule has 3 rings (SSSR count). The number of carbonyl (C=O) groups excluding carboxylic acids is 1. The standard InChI is InChI=1S/C15H16N6O/c1-10-14(9-20(3)19-10)18-15(22)13-8-17-21(11(13)2)12-4-6-16-7-5-12/h4-9H,1-3H3,(H,18,22). The first-order valence-electron chi connectivity index (χ1n) is 6.83. The van der Waals surface area contributed by atoms with Crippen LogP contribution in [0.25, 0.3) is 5.69 Å². The number of pyridine rings is 1. The van der Waals surface area contributed by atoms with Crippen LogP contribution in [0, 0.1) is 13.8 Å². The Bertz CT molecular complexity index is 818. The number of hydrogen-bond donors (Lipinski definition) is 1. The van der Waals surface area contributed by atoms with Crippen LogP contribution in [0.3, 0.4) is 0 Å². The van der Waals surface area contributed by atoms with Gasteiger partial charge >= 0.3 is 0 Å². The van der Waals surface area contributed by atoms with Gasteiger partial charge in [-0.15, -0.1) is 0 Å². The number of nitrogens with zero attached hydrogens (tertiary/aromatic N) is 5. The van der Waals surface area contributed by atoms with Gasteiger partial charge in [-0.1, -0.05) is 0 Å². The van der Waals surface area contributed by atoms with E-state index in [1.54, 1.807) is 34.2 Å². The molecule has 0 aliphatic heterocycles. The lowest BCUT2D eigenvalue weighted by atomic mass is 10.2. The highest BCUT2D eigenvalue weighted by Crippen LogP contribution is 2.17. The van der Waals surface area contributed by atoms with Crippen molar-refractivity contribution in [3.05, 3.63) is 53.9 Å². The van der Waals surface area contributed by atoms with E-state index in [4.69, 9.17) is 0 Å². The predicted molar refractivity (Wildman–Crippen MR) is 82.0 cm³/mol. The van der Waals surface area contributed by atoms with Gasteiger partial charge in [-0.2, -0.15) is 10.2 Å². The van der Waals surface area contributed by atoms with Crippen molar-refractivity contribution in [2.45, 2.75) is 13.8 Å². The Balaban J connectivity index is 1.88. The number of carbonyl (C=O) groups is 1. The van der Waals surface area contributed by atoms with Crippen molar-refractivity contribution in [2.24, 2.45) is 7.05 Å². The van der Waals surface area contributed by atoms with Gasteiger partial charge < -0.3 is 5.32 Å². The summed E-state index contributed by atoms with van der Waals surface area (Å²) < 4.78 is 3.38. The van der Waals surface area contributed by atoms with Crippen LogP contribution < -0.4 is 5.32 Å². The molecule has 0 saturated carbocycles. The molecule has 3 aromatic rings. The second-order valence-electron chi connectivity index (χ2n) is 5.02. The van der Waals surface area contributed by atoms with Crippen molar-refractivity contribution >= 4 is 11.6 Å². The molecule has 0 atom stereocenters. The summed E-state index contributed by atoms with van der Waals surface area (Å²) >= 11 is 0. The number of aromatic nitrogens is 5. The zero-order valence-electron chi connectivity index (χ0n) is 12.6. The molecule has 22 heavy (non-hydrogen) atoms. The third-order valence-corrected chi connectivity index (χ3v) is 3.42. The van der Waals surface area contributed by atoms with E-state index in [-0.39, 0.29) is 5.91 Å². The van der Waals surface area contributed by atoms with Crippen molar-refractivity contribution < 1.29 is 4.79 Å². The monoisotopic (exact) mass is 296 g/mol. The number of rotatable bonds is 3. The van der Waals surface area contributed by atoms with Gasteiger partial charge in [0, 0.05) is 25.6 Å². The van der Waals surface area contributed by atoms with Crippen molar-refractivity contribution in [2.75, 3.05) is 5.32 Å². The maximum Gasteiger partial charge on any atom is 0.259 e. The Morgan fingerprint density at radius 2 is 1.95 bits per heavy atom. The summed E-state index contributed by atoms with van der Waals surface area (Å²) in [5, 5.41) is 11.4. The first-order chi connectivity index (χ1) is 10.6. The van der Waals surface area contributed by atoms with Crippen LogP contribution >= 0.6 is 0 Å². The first-order valence-corrected chi connectivity index (χ1v) is 6.83. The lowest BCUT2D eigenvalue weighted by Gasteiger charge is -2.05. The largest absolute Gasteiger partial charge is 0.319 e. The van der Waals surface area contributed by atoms with Crippen LogP contribution in [0.2, 0.25) is 0 Å². The summed E-state index contributed by atoms with van der Waals surface area (Å²) in [6.45, 7) is 3.71. The fourth-order valence-electron chi connectivity index (χ4n) is 2.29. The summed E-state index contributed by atoms with van der Waals surface area (Å²) in [7, 11) is 1.81. The summed E-state index contributed by atoms with van der Waals surface area (Å²) in [6, 6.07) is 3.68. The lowest BCUT2D eigenvalue weighted by Crippen LogP contribution is -2.13. The summed E-state index contributed by atoms with van der Waals surface area (Å²) in [6.07, 6.45) is 6.72. The average molecular weight is 296 g/mol. The molecule has 0 radical (unpaired) electrons. The molecule has 0 bridgehead atoms. The third kappa shape index (κ3) is 2.48. The van der Waals surface area contributed by atoms with E-state index in [0.29, 0.717) is 11.3 Å². The maximum atomic E-state index is 12.4. The van der Waals surface area contributed by atoms with E-state index >= 15 is 0 Å². The number of nitrogens with one attached hydrogen (secondary N) is 1. The molecule has 0 aliphatic carbocycles. The predicted octanol–water partition coefficient (Wildman–Crippen LogP) is 1.87. The smallest absolute Gasteiger partial charge is 0.259 e. The highest BCUT2D eigenvalue weighted by Gasteiger charge is 2.16. The van der Waals surface area contributed by atoms with Crippen molar-refractivity contribution in [1.82, 2.24) is 24.5 Å². The zero-order chi connectivity index (χ0) is 15.7. The maximum absolute atomic E-state index is 12.4. The molecular formula is C15H16N6O. The van der Waals surface area contributed by atoms with Gasteiger partial charge in [0.1, 0.15) is 0 Å². The molecule has 112 valence electrons. The summed E-state index contributed by atoms with van der Waals surface area (Å²) in [4.78, 5) is 16.4. The number of anilines is 1. The minimum Gasteiger partial charge on any atom is -0.319 e. The van der Waals surface area contributed by atoms with Gasteiger partial charge in [0.15, 0.2) is 0 Å². The fraction of sp³-hybridized carbons (Fsp3) is 0.200. The number of amides is 1. The molecule has 1 amide bonds. The fourth-order valence-corrected chi connectivity index (χ4v) is 2.29. The normalized spacial score (nSPS) is 10.7. The van der Waals surface area contributed by atoms with Crippen molar-refractivity contribution in [3.8, 4) is 5.69 Å². The molecule has 7 heteroatoms. The van der Waals surface area contributed by atoms with E-state index in [2.05, 4.69) is 20.5 Å². The van der Waals surface area contributed by atoms with Crippen LogP contribution in [0.1, 0.15) is 21.7 Å². The highest BCUT2D eigenvalue weighted by atomic mass is 16.1. The first kappa shape index (κ1) is 14.0. The molecule has 3 heterocycles. The van der Waals surface area contributed by atoms with Crippen LogP contribution in [-0.4, -0.2) is 30.5 Å². The molecule has 0 aliphatic rings. The van der Waals surface area contributed by atoms with Gasteiger partial charge in [-0.05, 0) is 26.0 Å². The van der Waals surface area contributed by atoms with Crippen molar-refractivity contribution in [1.29, 1.82) is 0 Å². The van der Waals surface area contributed by atoms with Crippen molar-refractivity contribution in [3.63, 3.8) is 0 Å². The van der Waals surface area contributed by atoms with Crippen LogP contribution in [0.15, 0.2) is 36.9 Å². The van der Waals surface area contributed by atoms with E-state index in [1.165, 1.54) is 0 Å². The zero-order valence-corrected chi connectivity index (χ0v) is 12.6. The minimum absolute atomic E-state index is 0.200. The van der Waals surface area contributed by atoms with E-state index in [9.17, 15) is 4.79 Å². The lowest BCUT2D eigenvalue weighted by molar-refractivity contribution is 0.102. The Morgan fingerprint density at radius 1 is 1.23 bits per heavy atom. The number of hydrogen-bond acceptors (Lipinski definition) is 4. The van der Waals surface area contributed by atoms with Gasteiger partial charge in [-0.25, -0.2) is 4.68 Å². The van der Waals surface area contributed by atoms with E-state index < -0.39 is 0 Å². The second kappa shape index (κ2) is 5.44. The minimum atomic E-state index is -0.200. The SMILES string of the molecule is Cc1nn(C)cc1NC(=O)c1cnn(-c2ccncc2)c1C. The number of aryl methyl sites for hydroxylation is 2. The molecule has 3 aromatic heterocycles. The Labute approximate surface area is 127 Å². The molecule has 0 spiro atoms. The van der Waals surface area contributed by atoms with Gasteiger partial charge in [0.2, 0.25) is 0 Å². The average Bonchev–Trinajstić information content (AvgIpc) is 3.02. The molecule has 0 unspecified atom stereocenters. The Morgan fingerprint density at radius 3 is 2.59 bits per heavy atom. The molecule has 0 saturated heterocycles. The molecular weight excluding hydrogens is 280 g/mol. The second-order valence-corrected chi connectivity index (χ2v) is 5.02. The van der Waals surface area contributed by atoms with Gasteiger partial charge in [-0.3, -0.25) is 14.5 Å². The third-order valence-electron chi connectivity index (χ3n) is 3.42.